The molecular weight excluding hydrogens is 1990 g/mol. The van der Waals surface area contributed by atoms with Crippen molar-refractivity contribution in [2.45, 2.75) is 378 Å². The highest BCUT2D eigenvalue weighted by molar-refractivity contribution is 7.91. The minimum atomic E-state index is -4.02. The van der Waals surface area contributed by atoms with Crippen LogP contribution in [0.1, 0.15) is 296 Å². The van der Waals surface area contributed by atoms with E-state index in [1.54, 1.807) is 38.1 Å². The lowest BCUT2D eigenvalue weighted by molar-refractivity contribution is -0.390. The third-order valence-corrected chi connectivity index (χ3v) is 39.0. The number of rotatable bonds is 17. The van der Waals surface area contributed by atoms with Gasteiger partial charge in [0.25, 0.3) is 30.4 Å². The number of nitrogens with two attached hydrogens (primary N) is 3. The van der Waals surface area contributed by atoms with Crippen LogP contribution in [0.4, 0.5) is 4.79 Å². The Hall–Kier alpha value is -5.86. The van der Waals surface area contributed by atoms with Gasteiger partial charge in [-0.2, -0.15) is 64.4 Å². The standard InChI is InChI=1S/C25H39N3O5.C23H37N3O5.C22H37N3O4.C20H31NO6S.2C7H8O3S.CH4O3S/c26-20-1-3-21(4-2-20)28-23(30)22(29)27-14-15-5-7-24(8-6-15)31-25(33-32-24)18-10-16-9-17(12-18)13-19(25)11-16;1-21(2,24)13-26-20(28)19(27)25-12-14-3-5-22(6-4-14)29-23(31-30-22)17-8-15-7-16(10-17)11-18(23)9-15;1-20(2,23)13-25-19(26)24-12-14-3-5-21(6-4-14)27-22(29-28-21)17-8-15-7-16(10-17)11-18(22)9-15;1-28(23,24)12-18(22)21-11-13-2-4-19(5-3-13)25-20(27-26-19)16-7-14-6-15(9-16)10-17(20)8-14;2*1-6-2-4-7(5-3-6)11(8,9)10;1-5(2,3)4/h15-21H,1-14,26H2,(H,27,29)(H,28,30);14-18H,3-13,24H2,1-2H3,(H,25,27)(H,26,28);14-18H,3-13,23H2,1-2H3,(H2,24,25,26);13-17H,2-12H2,1H3,(H,21,22);2*2-5H,1H3,(H,8,9,10);1H3,(H,2,3,4). The highest BCUT2D eigenvalue weighted by atomic mass is 32.2. The lowest BCUT2D eigenvalue weighted by Crippen LogP contribution is -2.59. The average molecular weight is 2160 g/mol. The van der Waals surface area contributed by atoms with Crippen LogP contribution in [0.3, 0.4) is 0 Å². The third-order valence-electron chi connectivity index (χ3n) is 36.5. The number of sulfone groups is 1. The summed E-state index contributed by atoms with van der Waals surface area (Å²) in [6.45, 7) is 14.0. The van der Waals surface area contributed by atoms with E-state index in [0.29, 0.717) is 110 Å². The van der Waals surface area contributed by atoms with Crippen molar-refractivity contribution in [2.75, 3.05) is 57.5 Å². The summed E-state index contributed by atoms with van der Waals surface area (Å²) in [4.78, 5) is 120. The van der Waals surface area contributed by atoms with Gasteiger partial charge in [-0.3, -0.25) is 37.6 Å². The molecule has 148 heavy (non-hydrogen) atoms. The highest BCUT2D eigenvalue weighted by Crippen LogP contribution is 2.69. The summed E-state index contributed by atoms with van der Waals surface area (Å²) in [5, 5.41) is 19.6. The van der Waals surface area contributed by atoms with Crippen molar-refractivity contribution in [3.63, 3.8) is 0 Å². The van der Waals surface area contributed by atoms with Crippen LogP contribution in [-0.4, -0.2) is 210 Å². The first-order valence-electron chi connectivity index (χ1n) is 54.8. The molecule has 8 spiro atoms. The van der Waals surface area contributed by atoms with E-state index in [2.05, 4.69) is 37.2 Å². The minimum Gasteiger partial charge on any atom is -0.355 e. The summed E-state index contributed by atoms with van der Waals surface area (Å²) in [5.74, 6) is 4.41. The van der Waals surface area contributed by atoms with Crippen LogP contribution in [0.15, 0.2) is 58.3 Å². The van der Waals surface area contributed by atoms with E-state index in [-0.39, 0.29) is 34.5 Å². The molecule has 7 amide bonds. The molecule has 21 aliphatic carbocycles. The van der Waals surface area contributed by atoms with Gasteiger partial charge in [0.05, 0.1) is 16.0 Å². The molecule has 25 fully saturated rings. The van der Waals surface area contributed by atoms with Crippen LogP contribution in [0.25, 0.3) is 0 Å². The molecular formula is C105H164N10O29S4. The molecule has 21 saturated carbocycles. The number of aryl methyl sites for hydroxylation is 2. The van der Waals surface area contributed by atoms with Crippen LogP contribution < -0.4 is 54.4 Å². The summed E-state index contributed by atoms with van der Waals surface area (Å²) in [6, 6.07) is 12.1. The molecule has 4 aliphatic heterocycles. The topological polar surface area (TPSA) is 573 Å². The van der Waals surface area contributed by atoms with Gasteiger partial charge in [-0.15, -0.1) is 0 Å². The van der Waals surface area contributed by atoms with Crippen molar-refractivity contribution in [3.8, 4) is 0 Å². The smallest absolute Gasteiger partial charge is 0.314 e. The lowest BCUT2D eigenvalue weighted by Gasteiger charge is -2.57. The Kier molecular flexibility index (Phi) is 34.4. The second kappa shape index (κ2) is 45.0. The van der Waals surface area contributed by atoms with Gasteiger partial charge in [0.15, 0.2) is 9.84 Å². The summed E-state index contributed by atoms with van der Waals surface area (Å²) >= 11 is 0. The van der Waals surface area contributed by atoms with E-state index < -0.39 is 133 Å². The fraction of sp³-hybridized carbons (Fsp3) is 0.829. The van der Waals surface area contributed by atoms with E-state index in [0.717, 1.165) is 193 Å². The number of carbonyl (C=O) groups excluding carboxylic acids is 6. The third kappa shape index (κ3) is 27.7. The quantitative estimate of drug-likeness (QED) is 0.0397. The van der Waals surface area contributed by atoms with Crippen LogP contribution in [0, 0.1) is 132 Å². The van der Waals surface area contributed by atoms with Gasteiger partial charge in [0.2, 0.25) is 52.2 Å². The van der Waals surface area contributed by atoms with E-state index in [9.17, 15) is 62.4 Å². The predicted octanol–water partition coefficient (Wildman–Crippen LogP) is 11.7. The molecule has 0 atom stereocenters. The Bertz CT molecular complexity index is 5260. The summed E-state index contributed by atoms with van der Waals surface area (Å²) in [7, 11) is -15.0. The van der Waals surface area contributed by atoms with E-state index >= 15 is 0 Å². The predicted molar refractivity (Wildman–Crippen MR) is 538 cm³/mol. The Morgan fingerprint density at radius 1 is 0.338 bits per heavy atom. The molecule has 16 N–H and O–H groups in total. The van der Waals surface area contributed by atoms with Gasteiger partial charge >= 0.3 is 29.7 Å². The second-order valence-corrected chi connectivity index (χ2v) is 56.5. The van der Waals surface area contributed by atoms with Crippen molar-refractivity contribution >= 4 is 75.8 Å². The van der Waals surface area contributed by atoms with Crippen molar-refractivity contribution in [1.29, 1.82) is 0 Å². The van der Waals surface area contributed by atoms with Gasteiger partial charge in [0.1, 0.15) is 5.75 Å². The van der Waals surface area contributed by atoms with Gasteiger partial charge in [-0.05, 0) is 342 Å². The molecule has 2 aromatic carbocycles. The minimum absolute atomic E-state index is 0.0618. The Labute approximate surface area is 872 Å². The zero-order valence-corrected chi connectivity index (χ0v) is 90.6. The summed E-state index contributed by atoms with van der Waals surface area (Å²) in [5.41, 5.74) is 18.6. The molecule has 4 heterocycles. The molecule has 39 nitrogen and oxygen atoms in total. The first kappa shape index (κ1) is 113. The molecule has 0 unspecified atom stereocenters. The Morgan fingerprint density at radius 3 is 0.838 bits per heavy atom. The van der Waals surface area contributed by atoms with Crippen molar-refractivity contribution < 1.29 is 134 Å². The normalized spacial score (nSPS) is 39.9. The first-order valence-corrected chi connectivity index (χ1v) is 61.6. The second-order valence-electron chi connectivity index (χ2n) is 50.0. The van der Waals surface area contributed by atoms with Gasteiger partial charge in [-0.25, -0.2) is 13.2 Å². The monoisotopic (exact) mass is 2160 g/mol. The van der Waals surface area contributed by atoms with Crippen LogP contribution in [0.5, 0.6) is 0 Å². The number of ether oxygens (including phenoxy) is 4. The average Bonchev–Trinajstić information content (AvgIpc) is 1.53. The number of carbonyl (C=O) groups is 6. The number of urea groups is 1. The number of hydrogen-bond donors (Lipinski definition) is 13. The van der Waals surface area contributed by atoms with E-state index in [1.165, 1.54) is 153 Å². The maximum absolute atomic E-state index is 12.3. The number of amides is 7. The molecule has 2 aromatic rings. The van der Waals surface area contributed by atoms with Crippen LogP contribution >= 0.6 is 0 Å². The molecule has 27 rings (SSSR count). The molecule has 0 aromatic heterocycles. The van der Waals surface area contributed by atoms with Gasteiger partial charge in [0, 0.05) is 167 Å². The van der Waals surface area contributed by atoms with Crippen molar-refractivity contribution in [2.24, 2.45) is 136 Å². The molecule has 4 saturated heterocycles. The number of nitrogens with one attached hydrogen (secondary N) is 7. The highest BCUT2D eigenvalue weighted by Gasteiger charge is 2.72. The molecule has 0 radical (unpaired) electrons. The fourth-order valence-electron chi connectivity index (χ4n) is 29.6. The summed E-state index contributed by atoms with van der Waals surface area (Å²) < 4.78 is 134. The zero-order valence-electron chi connectivity index (χ0n) is 87.4. The van der Waals surface area contributed by atoms with Crippen LogP contribution in [-0.2, 0) is 122 Å². The molecule has 16 bridgehead atoms. The van der Waals surface area contributed by atoms with E-state index in [4.69, 9.17) is 88.9 Å². The molecule has 43 heteroatoms. The first-order chi connectivity index (χ1) is 69.6. The molecule has 25 aliphatic rings. The Balaban J connectivity index is 0.000000124. The molecule has 832 valence electrons. The maximum atomic E-state index is 12.3. The Morgan fingerprint density at radius 2 is 0.581 bits per heavy atom. The fourth-order valence-corrected chi connectivity index (χ4v) is 31.1. The van der Waals surface area contributed by atoms with Crippen LogP contribution in [0.2, 0.25) is 0 Å². The van der Waals surface area contributed by atoms with E-state index in [1.807, 2.05) is 27.7 Å². The largest absolute Gasteiger partial charge is 0.355 e. The van der Waals surface area contributed by atoms with Gasteiger partial charge in [-0.1, -0.05) is 35.4 Å². The van der Waals surface area contributed by atoms with Gasteiger partial charge < -0.3 is 73.4 Å². The zero-order chi connectivity index (χ0) is 106. The maximum Gasteiger partial charge on any atom is 0.314 e. The van der Waals surface area contributed by atoms with Crippen molar-refractivity contribution in [3.05, 3.63) is 59.7 Å². The SMILES string of the molecule is CC(C)(N)CNC(=O)C(=O)NCC1CCC2(CC1)OOC1(O2)C2CC3CC(C2)CC1C3.CC(C)(N)CNC(=O)NCC1CCC2(CC1)OOC1(O2)C2CC3CC(C2)CC1C3.CS(=O)(=O)CC(=O)NCC1CCC2(CC1)OOC1(O2)C2CC3CC(C2)CC1C3.CS(=O)(=O)O.Cc1ccc(S(=O)(=O)O)cc1.Cc1ccc(S(=O)(=O)O)cc1.NC1CCC(NC(=O)C(=O)NCC2CCC3(CC2)OOC2(O3)C3CC4CC(C3)CC2C4)CC1. The number of benzene rings is 2. The van der Waals surface area contributed by atoms with Crippen molar-refractivity contribution in [1.82, 2.24) is 37.2 Å². The lowest BCUT2D eigenvalue weighted by atomic mass is 9.53. The summed E-state index contributed by atoms with van der Waals surface area (Å²) in [6.07, 6.45) is 43.9. The number of hydrogen-bond acceptors (Lipinski definition) is 29.